The molecule has 0 saturated heterocycles. The Bertz CT molecular complexity index is 286. The first-order valence-corrected chi connectivity index (χ1v) is 5.92. The van der Waals surface area contributed by atoms with Gasteiger partial charge in [-0.15, -0.1) is 6.58 Å². The van der Waals surface area contributed by atoms with E-state index in [4.69, 9.17) is 0 Å². The Hall–Kier alpha value is -1.04. The van der Waals surface area contributed by atoms with Gasteiger partial charge in [0.1, 0.15) is 0 Å². The van der Waals surface area contributed by atoms with Crippen LogP contribution in [0.25, 0.3) is 0 Å². The fourth-order valence-electron chi connectivity index (χ4n) is 1.93. The minimum absolute atomic E-state index is 0.149. The molecule has 1 aromatic rings. The zero-order chi connectivity index (χ0) is 11.1. The van der Waals surface area contributed by atoms with Crippen LogP contribution in [-0.2, 0) is 5.41 Å². The molecule has 0 aliphatic rings. The molecule has 1 aromatic carbocycles. The fraction of sp³-hybridized carbons (Fsp3) is 0.467. The Balaban J connectivity index is 2.72. The quantitative estimate of drug-likeness (QED) is 0.463. The Labute approximate surface area is 94.0 Å². The molecule has 0 bridgehead atoms. The summed E-state index contributed by atoms with van der Waals surface area (Å²) in [7, 11) is 0. The molecule has 0 heteroatoms. The predicted octanol–water partition coefficient (Wildman–Crippen LogP) is 4.71. The maximum absolute atomic E-state index is 3.99. The Morgan fingerprint density at radius 1 is 1.20 bits per heavy atom. The topological polar surface area (TPSA) is 0 Å². The van der Waals surface area contributed by atoms with Crippen molar-refractivity contribution in [2.24, 2.45) is 0 Å². The van der Waals surface area contributed by atoms with Gasteiger partial charge in [-0.1, -0.05) is 69.5 Å². The van der Waals surface area contributed by atoms with E-state index in [1.54, 1.807) is 0 Å². The van der Waals surface area contributed by atoms with Crippen LogP contribution in [0.2, 0.25) is 0 Å². The van der Waals surface area contributed by atoms with Crippen LogP contribution in [0, 0.1) is 0 Å². The normalized spacial score (nSPS) is 14.5. The minimum atomic E-state index is 0.149. The third kappa shape index (κ3) is 3.23. The number of rotatable bonds is 6. The zero-order valence-electron chi connectivity index (χ0n) is 10.00. The highest BCUT2D eigenvalue weighted by Crippen LogP contribution is 2.30. The van der Waals surface area contributed by atoms with Gasteiger partial charge in [0, 0.05) is 5.41 Å². The van der Waals surface area contributed by atoms with E-state index in [2.05, 4.69) is 56.8 Å². The highest BCUT2D eigenvalue weighted by molar-refractivity contribution is 5.28. The van der Waals surface area contributed by atoms with Crippen molar-refractivity contribution >= 4 is 0 Å². The van der Waals surface area contributed by atoms with E-state index in [-0.39, 0.29) is 5.41 Å². The minimum Gasteiger partial charge on any atom is -0.102 e. The van der Waals surface area contributed by atoms with Gasteiger partial charge in [0.15, 0.2) is 0 Å². The van der Waals surface area contributed by atoms with Gasteiger partial charge in [-0.3, -0.25) is 0 Å². The lowest BCUT2D eigenvalue weighted by Crippen LogP contribution is -2.18. The van der Waals surface area contributed by atoms with Crippen molar-refractivity contribution in [1.29, 1.82) is 0 Å². The van der Waals surface area contributed by atoms with E-state index in [0.717, 1.165) is 0 Å². The predicted molar refractivity (Wildman–Crippen MR) is 68.1 cm³/mol. The maximum Gasteiger partial charge on any atom is 0.0101 e. The van der Waals surface area contributed by atoms with Crippen LogP contribution < -0.4 is 0 Å². The lowest BCUT2D eigenvalue weighted by molar-refractivity contribution is 0.500. The lowest BCUT2D eigenvalue weighted by Gasteiger charge is -2.26. The van der Waals surface area contributed by atoms with Crippen LogP contribution in [-0.4, -0.2) is 0 Å². The van der Waals surface area contributed by atoms with Crippen LogP contribution in [0.15, 0.2) is 43.0 Å². The summed E-state index contributed by atoms with van der Waals surface area (Å²) in [6.45, 7) is 8.51. The number of hydrogen-bond acceptors (Lipinski definition) is 0. The Kier molecular flexibility index (Phi) is 4.61. The summed E-state index contributed by atoms with van der Waals surface area (Å²) in [5.74, 6) is 0. The number of allylic oxidation sites excluding steroid dienone is 1. The van der Waals surface area contributed by atoms with Gasteiger partial charge < -0.3 is 0 Å². The third-order valence-corrected chi connectivity index (χ3v) is 3.18. The van der Waals surface area contributed by atoms with Crippen LogP contribution >= 0.6 is 0 Å². The molecule has 0 aliphatic heterocycles. The highest BCUT2D eigenvalue weighted by Gasteiger charge is 2.21. The molecule has 15 heavy (non-hydrogen) atoms. The molecule has 0 fully saturated rings. The van der Waals surface area contributed by atoms with Crippen molar-refractivity contribution in [3.05, 3.63) is 48.6 Å². The summed E-state index contributed by atoms with van der Waals surface area (Å²) >= 11 is 0. The smallest absolute Gasteiger partial charge is 0.0101 e. The van der Waals surface area contributed by atoms with Crippen LogP contribution in [0.5, 0.6) is 0 Å². The van der Waals surface area contributed by atoms with E-state index >= 15 is 0 Å². The van der Waals surface area contributed by atoms with Crippen molar-refractivity contribution in [1.82, 2.24) is 0 Å². The standard InChI is InChI=1S/C15H22/c1-4-6-10-13-15(3,5-2)14-11-8-7-9-12-14/h5,7-9,11-12H,2,4,6,10,13H2,1,3H3/t15-/m0/s1. The molecule has 0 saturated carbocycles. The number of hydrogen-bond donors (Lipinski definition) is 0. The summed E-state index contributed by atoms with van der Waals surface area (Å²) < 4.78 is 0. The average Bonchev–Trinajstić information content (AvgIpc) is 2.30. The maximum atomic E-state index is 3.99. The molecule has 0 N–H and O–H groups in total. The zero-order valence-corrected chi connectivity index (χ0v) is 10.00. The van der Waals surface area contributed by atoms with E-state index in [0.29, 0.717) is 0 Å². The van der Waals surface area contributed by atoms with Gasteiger partial charge in [-0.05, 0) is 12.0 Å². The van der Waals surface area contributed by atoms with Gasteiger partial charge in [0.25, 0.3) is 0 Å². The SMILES string of the molecule is C=C[C@@](C)(CCCCC)c1ccccc1. The van der Waals surface area contributed by atoms with Gasteiger partial charge in [0.05, 0.1) is 0 Å². The Morgan fingerprint density at radius 3 is 2.40 bits per heavy atom. The molecule has 82 valence electrons. The average molecular weight is 202 g/mol. The van der Waals surface area contributed by atoms with Gasteiger partial charge in [-0.25, -0.2) is 0 Å². The molecule has 0 aliphatic carbocycles. The summed E-state index contributed by atoms with van der Waals surface area (Å²) in [6, 6.07) is 10.7. The third-order valence-electron chi connectivity index (χ3n) is 3.18. The monoisotopic (exact) mass is 202 g/mol. The summed E-state index contributed by atoms with van der Waals surface area (Å²) in [4.78, 5) is 0. The summed E-state index contributed by atoms with van der Waals surface area (Å²) in [6.07, 6.45) is 7.18. The lowest BCUT2D eigenvalue weighted by atomic mass is 9.78. The first-order valence-electron chi connectivity index (χ1n) is 5.92. The molecule has 0 amide bonds. The van der Waals surface area contributed by atoms with E-state index in [1.807, 2.05) is 0 Å². The first kappa shape index (κ1) is 12.0. The molecule has 1 atom stereocenters. The second-order valence-corrected chi connectivity index (χ2v) is 4.44. The Morgan fingerprint density at radius 2 is 1.87 bits per heavy atom. The molecule has 0 heterocycles. The first-order chi connectivity index (χ1) is 7.23. The molecule has 0 spiro atoms. The molecule has 0 unspecified atom stereocenters. The summed E-state index contributed by atoms with van der Waals surface area (Å²) in [5, 5.41) is 0. The second kappa shape index (κ2) is 5.75. The van der Waals surface area contributed by atoms with Crippen LogP contribution in [0.4, 0.5) is 0 Å². The van der Waals surface area contributed by atoms with Crippen molar-refractivity contribution in [2.45, 2.75) is 44.9 Å². The van der Waals surface area contributed by atoms with Crippen molar-refractivity contribution in [3.63, 3.8) is 0 Å². The molecule has 0 radical (unpaired) electrons. The highest BCUT2D eigenvalue weighted by atomic mass is 14.2. The molecule has 0 nitrogen and oxygen atoms in total. The van der Waals surface area contributed by atoms with E-state index < -0.39 is 0 Å². The molecular formula is C15H22. The van der Waals surface area contributed by atoms with Crippen molar-refractivity contribution < 1.29 is 0 Å². The number of benzene rings is 1. The largest absolute Gasteiger partial charge is 0.102 e. The van der Waals surface area contributed by atoms with Gasteiger partial charge in [-0.2, -0.15) is 0 Å². The van der Waals surface area contributed by atoms with Crippen molar-refractivity contribution in [2.75, 3.05) is 0 Å². The molecule has 1 rings (SSSR count). The molecule has 0 aromatic heterocycles. The second-order valence-electron chi connectivity index (χ2n) is 4.44. The van der Waals surface area contributed by atoms with Gasteiger partial charge in [0.2, 0.25) is 0 Å². The van der Waals surface area contributed by atoms with Crippen LogP contribution in [0.3, 0.4) is 0 Å². The number of unbranched alkanes of at least 4 members (excludes halogenated alkanes) is 2. The van der Waals surface area contributed by atoms with Crippen LogP contribution in [0.1, 0.15) is 45.1 Å². The fourth-order valence-corrected chi connectivity index (χ4v) is 1.93. The van der Waals surface area contributed by atoms with E-state index in [9.17, 15) is 0 Å². The van der Waals surface area contributed by atoms with Gasteiger partial charge >= 0.3 is 0 Å². The summed E-state index contributed by atoms with van der Waals surface area (Å²) in [5.41, 5.74) is 1.53. The molecular weight excluding hydrogens is 180 g/mol. The van der Waals surface area contributed by atoms with E-state index in [1.165, 1.54) is 31.2 Å². The van der Waals surface area contributed by atoms with Crippen molar-refractivity contribution in [3.8, 4) is 0 Å².